The Bertz CT molecular complexity index is 211. The van der Waals surface area contributed by atoms with Gasteiger partial charge in [0.25, 0.3) is 0 Å². The Kier molecular flexibility index (Phi) is 4.34. The van der Waals surface area contributed by atoms with Crippen LogP contribution in [0.2, 0.25) is 0 Å². The summed E-state index contributed by atoms with van der Waals surface area (Å²) in [6, 6.07) is 2.11. The molecule has 0 aromatic heterocycles. The molecule has 0 unspecified atom stereocenters. The zero-order valence-electron chi connectivity index (χ0n) is 8.12. The highest BCUT2D eigenvalue weighted by molar-refractivity contribution is 5.12. The van der Waals surface area contributed by atoms with Crippen molar-refractivity contribution < 1.29 is 4.74 Å². The van der Waals surface area contributed by atoms with Gasteiger partial charge in [-0.1, -0.05) is 13.3 Å². The molecule has 1 saturated heterocycles. The highest BCUT2D eigenvalue weighted by Crippen LogP contribution is 2.12. The predicted octanol–water partition coefficient (Wildman–Crippen LogP) is 1.53. The van der Waals surface area contributed by atoms with Crippen LogP contribution in [0.4, 0.5) is 0 Å². The van der Waals surface area contributed by atoms with E-state index in [1.807, 2.05) is 0 Å². The van der Waals surface area contributed by atoms with Gasteiger partial charge in [0.1, 0.15) is 0 Å². The molecule has 0 amide bonds. The smallest absolute Gasteiger partial charge is 0.0930 e. The number of nitriles is 1. The van der Waals surface area contributed by atoms with Crippen LogP contribution >= 0.6 is 0 Å². The van der Waals surface area contributed by atoms with Crippen LogP contribution in [0.25, 0.3) is 0 Å². The van der Waals surface area contributed by atoms with E-state index in [9.17, 15) is 0 Å². The molecule has 3 nitrogen and oxygen atoms in total. The fourth-order valence-corrected chi connectivity index (χ4v) is 1.50. The molecule has 1 rings (SSSR count). The van der Waals surface area contributed by atoms with Gasteiger partial charge in [0, 0.05) is 24.9 Å². The molecule has 3 heteroatoms. The summed E-state index contributed by atoms with van der Waals surface area (Å²) >= 11 is 0. The molecule has 0 bridgehead atoms. The van der Waals surface area contributed by atoms with Gasteiger partial charge in [-0.05, 0) is 6.42 Å². The van der Waals surface area contributed by atoms with Crippen LogP contribution < -0.4 is 0 Å². The zero-order chi connectivity index (χ0) is 9.52. The number of nitrogens with zero attached hydrogens (tertiary/aromatic N) is 2. The zero-order valence-corrected chi connectivity index (χ0v) is 8.12. The molecule has 0 aromatic carbocycles. The van der Waals surface area contributed by atoms with Crippen molar-refractivity contribution in [2.24, 2.45) is 0 Å². The van der Waals surface area contributed by atoms with Crippen LogP contribution in [0.1, 0.15) is 19.8 Å². The molecule has 0 saturated carbocycles. The minimum absolute atomic E-state index is 0.784. The molecule has 0 atom stereocenters. The van der Waals surface area contributed by atoms with Gasteiger partial charge in [-0.3, -0.25) is 0 Å². The lowest BCUT2D eigenvalue weighted by molar-refractivity contribution is 0.0520. The molecule has 13 heavy (non-hydrogen) atoms. The number of allylic oxidation sites excluding steroid dienone is 2. The standard InChI is InChI=1S/C10H16N2O/c1-2-3-10(4-5-11)12-6-8-13-9-7-12/h4H,2-3,6-9H2,1H3/b10-4+. The third kappa shape index (κ3) is 3.08. The number of ether oxygens (including phenoxy) is 1. The Balaban J connectivity index is 2.53. The van der Waals surface area contributed by atoms with Gasteiger partial charge in [0.15, 0.2) is 0 Å². The number of morpholine rings is 1. The lowest BCUT2D eigenvalue weighted by Gasteiger charge is -2.30. The molecule has 0 radical (unpaired) electrons. The fourth-order valence-electron chi connectivity index (χ4n) is 1.50. The first kappa shape index (κ1) is 10.1. The molecule has 1 aliphatic heterocycles. The largest absolute Gasteiger partial charge is 0.378 e. The third-order valence-corrected chi connectivity index (χ3v) is 2.15. The van der Waals surface area contributed by atoms with E-state index in [0.29, 0.717) is 0 Å². The Labute approximate surface area is 79.6 Å². The van der Waals surface area contributed by atoms with Crippen molar-refractivity contribution >= 4 is 0 Å². The van der Waals surface area contributed by atoms with E-state index in [2.05, 4.69) is 17.9 Å². The summed E-state index contributed by atoms with van der Waals surface area (Å²) in [5, 5.41) is 8.61. The molecular weight excluding hydrogens is 164 g/mol. The van der Waals surface area contributed by atoms with Crippen LogP contribution in [0.15, 0.2) is 11.8 Å². The SMILES string of the molecule is CCC/C(=C\C#N)N1CCOCC1. The van der Waals surface area contributed by atoms with Crippen LogP contribution in [-0.4, -0.2) is 31.2 Å². The van der Waals surface area contributed by atoms with Crippen LogP contribution in [-0.2, 0) is 4.74 Å². The Morgan fingerprint density at radius 1 is 1.54 bits per heavy atom. The van der Waals surface area contributed by atoms with Gasteiger partial charge in [-0.25, -0.2) is 0 Å². The second kappa shape index (κ2) is 5.60. The average Bonchev–Trinajstić information content (AvgIpc) is 2.19. The van der Waals surface area contributed by atoms with Crippen molar-refractivity contribution in [3.8, 4) is 6.07 Å². The second-order valence-corrected chi connectivity index (χ2v) is 3.11. The topological polar surface area (TPSA) is 36.3 Å². The molecule has 72 valence electrons. The number of hydrogen-bond acceptors (Lipinski definition) is 3. The van der Waals surface area contributed by atoms with Gasteiger partial charge >= 0.3 is 0 Å². The summed E-state index contributed by atoms with van der Waals surface area (Å²) < 4.78 is 5.25. The van der Waals surface area contributed by atoms with Crippen LogP contribution in [0.5, 0.6) is 0 Å². The van der Waals surface area contributed by atoms with E-state index in [0.717, 1.165) is 44.8 Å². The van der Waals surface area contributed by atoms with E-state index < -0.39 is 0 Å². The normalized spacial score (nSPS) is 18.5. The summed E-state index contributed by atoms with van der Waals surface area (Å²) in [4.78, 5) is 2.25. The predicted molar refractivity (Wildman–Crippen MR) is 51.0 cm³/mol. The van der Waals surface area contributed by atoms with Crippen molar-refractivity contribution in [2.45, 2.75) is 19.8 Å². The Morgan fingerprint density at radius 3 is 2.77 bits per heavy atom. The number of rotatable bonds is 3. The van der Waals surface area contributed by atoms with Crippen molar-refractivity contribution in [1.29, 1.82) is 5.26 Å². The minimum atomic E-state index is 0.784. The average molecular weight is 180 g/mol. The maximum Gasteiger partial charge on any atom is 0.0930 e. The molecule has 0 aromatic rings. The van der Waals surface area contributed by atoms with E-state index in [1.165, 1.54) is 0 Å². The Hall–Kier alpha value is -1.01. The molecular formula is C10H16N2O. The number of hydrogen-bond donors (Lipinski definition) is 0. The molecule has 0 N–H and O–H groups in total. The lowest BCUT2D eigenvalue weighted by Crippen LogP contribution is -2.35. The maximum absolute atomic E-state index is 8.61. The minimum Gasteiger partial charge on any atom is -0.378 e. The van der Waals surface area contributed by atoms with E-state index in [-0.39, 0.29) is 0 Å². The molecule has 1 aliphatic rings. The summed E-state index contributed by atoms with van der Waals surface area (Å²) in [6.07, 6.45) is 3.74. The highest BCUT2D eigenvalue weighted by atomic mass is 16.5. The summed E-state index contributed by atoms with van der Waals surface area (Å²) in [7, 11) is 0. The summed E-state index contributed by atoms with van der Waals surface area (Å²) in [5.41, 5.74) is 1.16. The molecule has 0 aliphatic carbocycles. The van der Waals surface area contributed by atoms with Crippen molar-refractivity contribution in [2.75, 3.05) is 26.3 Å². The first-order valence-electron chi connectivity index (χ1n) is 4.80. The van der Waals surface area contributed by atoms with E-state index in [1.54, 1.807) is 6.08 Å². The highest BCUT2D eigenvalue weighted by Gasteiger charge is 2.12. The molecule has 0 spiro atoms. The van der Waals surface area contributed by atoms with Crippen molar-refractivity contribution in [1.82, 2.24) is 4.90 Å². The van der Waals surface area contributed by atoms with Gasteiger partial charge in [-0.15, -0.1) is 0 Å². The van der Waals surface area contributed by atoms with Gasteiger partial charge in [0.2, 0.25) is 0 Å². The lowest BCUT2D eigenvalue weighted by atomic mass is 10.2. The second-order valence-electron chi connectivity index (χ2n) is 3.11. The van der Waals surface area contributed by atoms with Crippen LogP contribution in [0.3, 0.4) is 0 Å². The van der Waals surface area contributed by atoms with Gasteiger partial charge in [0.05, 0.1) is 19.3 Å². The van der Waals surface area contributed by atoms with Crippen molar-refractivity contribution in [3.63, 3.8) is 0 Å². The summed E-state index contributed by atoms with van der Waals surface area (Å²) in [5.74, 6) is 0. The first-order chi connectivity index (χ1) is 6.38. The fraction of sp³-hybridized carbons (Fsp3) is 0.700. The van der Waals surface area contributed by atoms with Crippen LogP contribution in [0, 0.1) is 11.3 Å². The van der Waals surface area contributed by atoms with Gasteiger partial charge in [-0.2, -0.15) is 5.26 Å². The molecule has 1 fully saturated rings. The molecule has 1 heterocycles. The first-order valence-corrected chi connectivity index (χ1v) is 4.80. The van der Waals surface area contributed by atoms with Gasteiger partial charge < -0.3 is 9.64 Å². The summed E-state index contributed by atoms with van der Waals surface area (Å²) in [6.45, 7) is 5.55. The van der Waals surface area contributed by atoms with E-state index in [4.69, 9.17) is 10.00 Å². The van der Waals surface area contributed by atoms with E-state index >= 15 is 0 Å². The maximum atomic E-state index is 8.61. The Morgan fingerprint density at radius 2 is 2.23 bits per heavy atom. The van der Waals surface area contributed by atoms with Crippen molar-refractivity contribution in [3.05, 3.63) is 11.8 Å². The quantitative estimate of drug-likeness (QED) is 0.618. The third-order valence-electron chi connectivity index (χ3n) is 2.15. The monoisotopic (exact) mass is 180 g/mol.